The second kappa shape index (κ2) is 6.08. The van der Waals surface area contributed by atoms with E-state index in [0.29, 0.717) is 15.5 Å². The molecule has 0 heterocycles. The Morgan fingerprint density at radius 1 is 0.857 bits per heavy atom. The Morgan fingerprint density at radius 3 is 2.24 bits per heavy atom. The lowest BCUT2D eigenvalue weighted by Gasteiger charge is -2.10. The number of rotatable bonds is 3. The number of fused-ring (bicyclic) bond motifs is 1. The third kappa shape index (κ3) is 3.22. The minimum atomic E-state index is 0.226. The molecule has 0 amide bonds. The average molecular weight is 407 g/mol. The van der Waals surface area contributed by atoms with Crippen molar-refractivity contribution in [3.8, 4) is 5.75 Å². The normalized spacial score (nSPS) is 10.8. The van der Waals surface area contributed by atoms with E-state index in [0.717, 1.165) is 11.3 Å². The molecule has 0 aromatic heterocycles. The quantitative estimate of drug-likeness (QED) is 0.586. The molecule has 3 aromatic rings. The average Bonchev–Trinajstić information content (AvgIpc) is 2.50. The number of hydrogen-bond donors (Lipinski definition) is 2. The summed E-state index contributed by atoms with van der Waals surface area (Å²) in [5, 5.41) is 15.6. The summed E-state index contributed by atoms with van der Waals surface area (Å²) in [5.74, 6) is 0.226. The predicted molar refractivity (Wildman–Crippen MR) is 94.8 cm³/mol. The number of anilines is 1. The first-order chi connectivity index (χ1) is 10.1. The molecule has 3 aromatic carbocycles. The van der Waals surface area contributed by atoms with Crippen molar-refractivity contribution >= 4 is 48.3 Å². The molecule has 0 atom stereocenters. The van der Waals surface area contributed by atoms with Crippen molar-refractivity contribution < 1.29 is 5.11 Å². The number of phenolic OH excluding ortho intramolecular Hbond substituents is 1. The molecule has 0 aliphatic carbocycles. The maximum absolute atomic E-state index is 9.72. The lowest BCUT2D eigenvalue weighted by Crippen LogP contribution is -1.99. The van der Waals surface area contributed by atoms with E-state index < -0.39 is 0 Å². The lowest BCUT2D eigenvalue weighted by atomic mass is 10.1. The molecule has 4 heteroatoms. The van der Waals surface area contributed by atoms with Crippen molar-refractivity contribution in [2.24, 2.45) is 0 Å². The fraction of sp³-hybridized carbons (Fsp3) is 0.0588. The van der Waals surface area contributed by atoms with E-state index in [9.17, 15) is 5.11 Å². The smallest absolute Gasteiger partial charge is 0.143 e. The van der Waals surface area contributed by atoms with E-state index in [1.165, 1.54) is 10.8 Å². The number of nitrogens with one attached hydrogen (secondary N) is 1. The fourth-order valence-corrected chi connectivity index (χ4v) is 3.50. The third-order valence-corrected chi connectivity index (χ3v) is 4.53. The van der Waals surface area contributed by atoms with Gasteiger partial charge in [-0.3, -0.25) is 0 Å². The molecule has 3 rings (SSSR count). The van der Waals surface area contributed by atoms with Crippen molar-refractivity contribution in [2.75, 3.05) is 5.32 Å². The summed E-state index contributed by atoms with van der Waals surface area (Å²) < 4.78 is 1.37. The number of aromatic hydroxyl groups is 1. The zero-order valence-corrected chi connectivity index (χ0v) is 14.3. The van der Waals surface area contributed by atoms with Crippen LogP contribution in [0.2, 0.25) is 0 Å². The molecule has 0 unspecified atom stereocenters. The van der Waals surface area contributed by atoms with Crippen molar-refractivity contribution in [1.29, 1.82) is 0 Å². The van der Waals surface area contributed by atoms with Gasteiger partial charge in [-0.25, -0.2) is 0 Å². The molecular weight excluding hydrogens is 394 g/mol. The van der Waals surface area contributed by atoms with Gasteiger partial charge in [0.25, 0.3) is 0 Å². The largest absolute Gasteiger partial charge is 0.506 e. The molecule has 0 fully saturated rings. The van der Waals surface area contributed by atoms with Gasteiger partial charge in [-0.2, -0.15) is 0 Å². The van der Waals surface area contributed by atoms with Gasteiger partial charge in [-0.05, 0) is 72.5 Å². The zero-order valence-electron chi connectivity index (χ0n) is 11.1. The van der Waals surface area contributed by atoms with E-state index in [1.807, 2.05) is 24.3 Å². The molecule has 0 bridgehead atoms. The standard InChI is InChI=1S/C17H13Br2NO/c18-15-7-11(8-16(19)17(15)21)10-20-14-6-5-12-3-1-2-4-13(12)9-14/h1-9,20-21H,10H2. The highest BCUT2D eigenvalue weighted by molar-refractivity contribution is 9.11. The van der Waals surface area contributed by atoms with E-state index in [-0.39, 0.29) is 5.75 Å². The Morgan fingerprint density at radius 2 is 1.52 bits per heavy atom. The molecular formula is C17H13Br2NO. The van der Waals surface area contributed by atoms with Gasteiger partial charge >= 0.3 is 0 Å². The van der Waals surface area contributed by atoms with Gasteiger partial charge in [0.2, 0.25) is 0 Å². The maximum atomic E-state index is 9.72. The molecule has 0 aliphatic heterocycles. The van der Waals surface area contributed by atoms with Crippen molar-refractivity contribution in [2.45, 2.75) is 6.54 Å². The van der Waals surface area contributed by atoms with E-state index >= 15 is 0 Å². The first-order valence-corrected chi connectivity index (χ1v) is 8.11. The van der Waals surface area contributed by atoms with Gasteiger partial charge in [0.1, 0.15) is 5.75 Å². The topological polar surface area (TPSA) is 32.3 Å². The summed E-state index contributed by atoms with van der Waals surface area (Å²) in [6.45, 7) is 0.690. The van der Waals surface area contributed by atoms with Gasteiger partial charge in [-0.1, -0.05) is 30.3 Å². The summed E-state index contributed by atoms with van der Waals surface area (Å²) in [7, 11) is 0. The van der Waals surface area contributed by atoms with Crippen LogP contribution in [0.3, 0.4) is 0 Å². The van der Waals surface area contributed by atoms with Crippen LogP contribution >= 0.6 is 31.9 Å². The highest BCUT2D eigenvalue weighted by Gasteiger charge is 2.06. The van der Waals surface area contributed by atoms with Crippen LogP contribution < -0.4 is 5.32 Å². The number of benzene rings is 3. The SMILES string of the molecule is Oc1c(Br)cc(CNc2ccc3ccccc3c2)cc1Br. The van der Waals surface area contributed by atoms with Crippen molar-refractivity contribution in [1.82, 2.24) is 0 Å². The zero-order chi connectivity index (χ0) is 14.8. The summed E-state index contributed by atoms with van der Waals surface area (Å²) in [5.41, 5.74) is 2.16. The van der Waals surface area contributed by atoms with Gasteiger partial charge < -0.3 is 10.4 Å². The Hall–Kier alpha value is -1.52. The Labute approximate surface area is 140 Å². The van der Waals surface area contributed by atoms with E-state index in [4.69, 9.17) is 0 Å². The molecule has 106 valence electrons. The summed E-state index contributed by atoms with van der Waals surface area (Å²) >= 11 is 6.70. The first-order valence-electron chi connectivity index (χ1n) is 6.53. The van der Waals surface area contributed by atoms with Crippen LogP contribution in [0.5, 0.6) is 5.75 Å². The highest BCUT2D eigenvalue weighted by atomic mass is 79.9. The molecule has 2 nitrogen and oxygen atoms in total. The molecule has 0 saturated carbocycles. The monoisotopic (exact) mass is 405 g/mol. The van der Waals surface area contributed by atoms with Gasteiger partial charge in [0.05, 0.1) is 8.95 Å². The molecule has 0 saturated heterocycles. The number of hydrogen-bond acceptors (Lipinski definition) is 2. The van der Waals surface area contributed by atoms with Crippen LogP contribution in [0.1, 0.15) is 5.56 Å². The predicted octanol–water partition coefficient (Wildman–Crippen LogP) is 5.68. The lowest BCUT2D eigenvalue weighted by molar-refractivity contribution is 0.468. The Balaban J connectivity index is 1.80. The Kier molecular flexibility index (Phi) is 4.17. The molecule has 2 N–H and O–H groups in total. The summed E-state index contributed by atoms with van der Waals surface area (Å²) in [6, 6.07) is 18.4. The van der Waals surface area contributed by atoms with Crippen LogP contribution in [0, 0.1) is 0 Å². The minimum absolute atomic E-state index is 0.226. The minimum Gasteiger partial charge on any atom is -0.506 e. The second-order valence-electron chi connectivity index (χ2n) is 4.82. The summed E-state index contributed by atoms with van der Waals surface area (Å²) in [4.78, 5) is 0. The second-order valence-corrected chi connectivity index (χ2v) is 6.53. The Bertz CT molecular complexity index is 779. The molecule has 0 aliphatic rings. The van der Waals surface area contributed by atoms with Gasteiger partial charge in [-0.15, -0.1) is 0 Å². The number of phenols is 1. The first kappa shape index (κ1) is 14.4. The number of halogens is 2. The molecule has 0 spiro atoms. The van der Waals surface area contributed by atoms with Crippen LogP contribution in [0.4, 0.5) is 5.69 Å². The van der Waals surface area contributed by atoms with Crippen LogP contribution in [0.25, 0.3) is 10.8 Å². The third-order valence-electron chi connectivity index (χ3n) is 3.32. The van der Waals surface area contributed by atoms with Crippen molar-refractivity contribution in [3.63, 3.8) is 0 Å². The molecule has 0 radical (unpaired) electrons. The fourth-order valence-electron chi connectivity index (χ4n) is 2.22. The van der Waals surface area contributed by atoms with Gasteiger partial charge in [0, 0.05) is 12.2 Å². The van der Waals surface area contributed by atoms with Gasteiger partial charge in [0.15, 0.2) is 0 Å². The molecule has 21 heavy (non-hydrogen) atoms. The van der Waals surface area contributed by atoms with Crippen molar-refractivity contribution in [3.05, 3.63) is 69.1 Å². The van der Waals surface area contributed by atoms with Crippen LogP contribution in [-0.2, 0) is 6.54 Å². The maximum Gasteiger partial charge on any atom is 0.143 e. The van der Waals surface area contributed by atoms with E-state index in [1.54, 1.807) is 0 Å². The highest BCUT2D eigenvalue weighted by Crippen LogP contribution is 2.33. The van der Waals surface area contributed by atoms with Crippen LogP contribution in [-0.4, -0.2) is 5.11 Å². The summed E-state index contributed by atoms with van der Waals surface area (Å²) in [6.07, 6.45) is 0. The van der Waals surface area contributed by atoms with Crippen LogP contribution in [0.15, 0.2) is 63.5 Å². The van der Waals surface area contributed by atoms with E-state index in [2.05, 4.69) is 67.5 Å².